The lowest BCUT2D eigenvalue weighted by Gasteiger charge is -2.13. The van der Waals surface area contributed by atoms with E-state index >= 15 is 0 Å². The second-order valence-electron chi connectivity index (χ2n) is 6.64. The highest BCUT2D eigenvalue weighted by atomic mass is 19.1. The highest BCUT2D eigenvalue weighted by molar-refractivity contribution is 5.93. The second kappa shape index (κ2) is 7.47. The van der Waals surface area contributed by atoms with Crippen molar-refractivity contribution in [2.45, 2.75) is 6.92 Å². The zero-order chi connectivity index (χ0) is 21.4. The van der Waals surface area contributed by atoms with Gasteiger partial charge in [0, 0.05) is 13.1 Å². The number of hydrogen-bond donors (Lipinski definition) is 3. The number of fused-ring (bicyclic) bond motifs is 1. The Bertz CT molecular complexity index is 1310. The summed E-state index contributed by atoms with van der Waals surface area (Å²) in [5.74, 6) is -0.217. The van der Waals surface area contributed by atoms with Gasteiger partial charge in [-0.1, -0.05) is 6.07 Å². The Morgan fingerprint density at radius 3 is 2.63 bits per heavy atom. The van der Waals surface area contributed by atoms with Crippen molar-refractivity contribution in [2.24, 2.45) is 7.05 Å². The Kier molecular flexibility index (Phi) is 4.82. The van der Waals surface area contributed by atoms with Gasteiger partial charge < -0.3 is 15.4 Å². The minimum absolute atomic E-state index is 0.0140. The third-order valence-corrected chi connectivity index (χ3v) is 4.56. The van der Waals surface area contributed by atoms with Gasteiger partial charge in [-0.05, 0) is 30.7 Å². The molecule has 4 aromatic rings. The molecule has 0 unspecified atom stereocenters. The maximum atomic E-state index is 14.1. The quantitative estimate of drug-likeness (QED) is 0.462. The molecule has 0 saturated heterocycles. The van der Waals surface area contributed by atoms with Gasteiger partial charge in [0.05, 0.1) is 24.7 Å². The molecule has 0 spiro atoms. The van der Waals surface area contributed by atoms with Crippen molar-refractivity contribution in [3.05, 3.63) is 64.1 Å². The van der Waals surface area contributed by atoms with Gasteiger partial charge in [-0.2, -0.15) is 0 Å². The van der Waals surface area contributed by atoms with Crippen LogP contribution in [0.3, 0.4) is 0 Å². The molecule has 3 heterocycles. The summed E-state index contributed by atoms with van der Waals surface area (Å²) >= 11 is 0. The summed E-state index contributed by atoms with van der Waals surface area (Å²) in [5.41, 5.74) is 1.15. The van der Waals surface area contributed by atoms with Crippen LogP contribution in [-0.2, 0) is 7.05 Å². The monoisotopic (exact) mass is 412 g/mol. The molecule has 3 aromatic heterocycles. The molecule has 10 heteroatoms. The van der Waals surface area contributed by atoms with E-state index in [4.69, 9.17) is 4.74 Å². The average Bonchev–Trinajstić information content (AvgIpc) is 2.99. The van der Waals surface area contributed by atoms with Gasteiger partial charge in [0.25, 0.3) is 5.56 Å². The molecule has 30 heavy (non-hydrogen) atoms. The van der Waals surface area contributed by atoms with Crippen LogP contribution in [0.4, 0.5) is 31.8 Å². The zero-order valence-electron chi connectivity index (χ0n) is 16.4. The number of aromatic amines is 1. The fourth-order valence-electron chi connectivity index (χ4n) is 3.08. The molecule has 0 bridgehead atoms. The van der Waals surface area contributed by atoms with Crippen molar-refractivity contribution in [3.8, 4) is 5.75 Å². The second-order valence-corrected chi connectivity index (χ2v) is 6.64. The number of halogens is 2. The lowest BCUT2D eigenvalue weighted by Crippen LogP contribution is -2.12. The van der Waals surface area contributed by atoms with E-state index in [1.807, 2.05) is 0 Å². The van der Waals surface area contributed by atoms with E-state index < -0.39 is 11.6 Å². The minimum atomic E-state index is -0.542. The normalized spacial score (nSPS) is 11.0. The number of nitrogens with one attached hydrogen (secondary N) is 3. The summed E-state index contributed by atoms with van der Waals surface area (Å²) in [4.78, 5) is 21.0. The first-order valence-corrected chi connectivity index (χ1v) is 8.96. The molecule has 0 aliphatic heterocycles. The van der Waals surface area contributed by atoms with Crippen LogP contribution in [0.1, 0.15) is 5.56 Å². The number of methoxy groups -OCH3 is 1. The molecule has 8 nitrogen and oxygen atoms in total. The topological polar surface area (TPSA) is 96.9 Å². The molecule has 0 fully saturated rings. The summed E-state index contributed by atoms with van der Waals surface area (Å²) in [6.45, 7) is 1.62. The summed E-state index contributed by atoms with van der Waals surface area (Å²) in [5, 5.41) is 9.20. The van der Waals surface area contributed by atoms with Crippen LogP contribution in [0.5, 0.6) is 5.75 Å². The van der Waals surface area contributed by atoms with E-state index in [1.54, 1.807) is 26.1 Å². The number of nitrogens with zero attached hydrogens (tertiary/aromatic N) is 3. The van der Waals surface area contributed by atoms with Gasteiger partial charge >= 0.3 is 0 Å². The van der Waals surface area contributed by atoms with Gasteiger partial charge in [0.2, 0.25) is 0 Å². The third-order valence-electron chi connectivity index (χ3n) is 4.56. The van der Waals surface area contributed by atoms with Crippen molar-refractivity contribution >= 4 is 34.0 Å². The van der Waals surface area contributed by atoms with Crippen LogP contribution in [0.25, 0.3) is 11.0 Å². The SMILES string of the molecule is COc1c(F)cccc1Nc1cc(Nc2cc(C)c(F)cn2)nc2[nH]n(C)c(=O)c12. The van der Waals surface area contributed by atoms with Gasteiger partial charge in [-0.15, -0.1) is 0 Å². The average molecular weight is 412 g/mol. The fourth-order valence-corrected chi connectivity index (χ4v) is 3.08. The molecular formula is C20H18F2N6O2. The molecular weight excluding hydrogens is 394 g/mol. The third kappa shape index (κ3) is 3.43. The minimum Gasteiger partial charge on any atom is -0.492 e. The molecule has 0 radical (unpaired) electrons. The predicted molar refractivity (Wildman–Crippen MR) is 110 cm³/mol. The number of rotatable bonds is 5. The first-order chi connectivity index (χ1) is 14.4. The maximum Gasteiger partial charge on any atom is 0.277 e. The molecule has 4 rings (SSSR count). The van der Waals surface area contributed by atoms with E-state index in [1.165, 1.54) is 30.0 Å². The number of ether oxygens (including phenoxy) is 1. The summed E-state index contributed by atoms with van der Waals surface area (Å²) in [6, 6.07) is 7.55. The standard InChI is InChI=1S/C20H18F2N6O2/c1-10-7-15(23-9-12(10)22)25-16-8-14(17-19(26-16)27-28(2)20(17)29)24-13-6-4-5-11(21)18(13)30-3/h4-9H,1-3H3,(H3,23,24,25,26,27). The summed E-state index contributed by atoms with van der Waals surface area (Å²) < 4.78 is 34.0. The Morgan fingerprint density at radius 2 is 1.90 bits per heavy atom. The first-order valence-electron chi connectivity index (χ1n) is 8.96. The highest BCUT2D eigenvalue weighted by Crippen LogP contribution is 2.33. The number of H-pyrrole nitrogens is 1. The van der Waals surface area contributed by atoms with Crippen molar-refractivity contribution in [1.82, 2.24) is 19.7 Å². The van der Waals surface area contributed by atoms with Crippen LogP contribution in [-0.4, -0.2) is 26.9 Å². The fraction of sp³-hybridized carbons (Fsp3) is 0.150. The van der Waals surface area contributed by atoms with Gasteiger partial charge in [-0.25, -0.2) is 18.7 Å². The number of pyridine rings is 2. The van der Waals surface area contributed by atoms with Crippen LogP contribution < -0.4 is 20.9 Å². The maximum absolute atomic E-state index is 14.1. The lowest BCUT2D eigenvalue weighted by molar-refractivity contribution is 0.388. The van der Waals surface area contributed by atoms with Gasteiger partial charge in [0.15, 0.2) is 17.2 Å². The molecule has 0 atom stereocenters. The summed E-state index contributed by atoms with van der Waals surface area (Å²) in [7, 11) is 2.92. The summed E-state index contributed by atoms with van der Waals surface area (Å²) in [6.07, 6.45) is 1.11. The number of hydrogen-bond acceptors (Lipinski definition) is 6. The highest BCUT2D eigenvalue weighted by Gasteiger charge is 2.16. The van der Waals surface area contributed by atoms with Crippen LogP contribution in [0.15, 0.2) is 41.3 Å². The first kappa shape index (κ1) is 19.4. The van der Waals surface area contributed by atoms with Crippen molar-refractivity contribution in [3.63, 3.8) is 0 Å². The van der Waals surface area contributed by atoms with Gasteiger partial charge in [0.1, 0.15) is 22.8 Å². The molecule has 0 aliphatic carbocycles. The predicted octanol–water partition coefficient (Wildman–Crippen LogP) is 3.74. The molecule has 0 amide bonds. The molecule has 3 N–H and O–H groups in total. The smallest absolute Gasteiger partial charge is 0.277 e. The van der Waals surface area contributed by atoms with E-state index in [-0.39, 0.29) is 16.7 Å². The van der Waals surface area contributed by atoms with E-state index in [0.717, 1.165) is 6.20 Å². The van der Waals surface area contributed by atoms with E-state index in [2.05, 4.69) is 25.7 Å². The van der Waals surface area contributed by atoms with Crippen molar-refractivity contribution in [1.29, 1.82) is 0 Å². The lowest BCUT2D eigenvalue weighted by atomic mass is 10.2. The Hall–Kier alpha value is -3.95. The Morgan fingerprint density at radius 1 is 1.10 bits per heavy atom. The number of benzene rings is 1. The molecule has 1 aromatic carbocycles. The Balaban J connectivity index is 1.82. The zero-order valence-corrected chi connectivity index (χ0v) is 16.4. The molecule has 0 saturated carbocycles. The Labute approximate surface area is 169 Å². The largest absolute Gasteiger partial charge is 0.492 e. The van der Waals surface area contributed by atoms with Gasteiger partial charge in [-0.3, -0.25) is 14.6 Å². The van der Waals surface area contributed by atoms with Crippen molar-refractivity contribution in [2.75, 3.05) is 17.7 Å². The van der Waals surface area contributed by atoms with Crippen LogP contribution in [0, 0.1) is 18.6 Å². The number of anilines is 4. The van der Waals surface area contributed by atoms with E-state index in [9.17, 15) is 13.6 Å². The van der Waals surface area contributed by atoms with Crippen LogP contribution in [0.2, 0.25) is 0 Å². The molecule has 0 aliphatic rings. The number of aryl methyl sites for hydroxylation is 2. The number of aromatic nitrogens is 4. The van der Waals surface area contributed by atoms with Crippen LogP contribution >= 0.6 is 0 Å². The number of para-hydroxylation sites is 1. The van der Waals surface area contributed by atoms with E-state index in [0.29, 0.717) is 34.2 Å². The van der Waals surface area contributed by atoms with Crippen molar-refractivity contribution < 1.29 is 13.5 Å². The molecule has 154 valence electrons.